The molecule has 41 heavy (non-hydrogen) atoms. The Bertz CT molecular complexity index is 1530. The van der Waals surface area contributed by atoms with Gasteiger partial charge in [-0.3, -0.25) is 0 Å². The molecule has 0 aliphatic carbocycles. The van der Waals surface area contributed by atoms with Gasteiger partial charge in [0.25, 0.3) is 0 Å². The zero-order valence-corrected chi connectivity index (χ0v) is 25.9. The molecule has 5 atom stereocenters. The van der Waals surface area contributed by atoms with E-state index in [9.17, 15) is 8.42 Å². The molecule has 7 nitrogen and oxygen atoms in total. The molecule has 2 N–H and O–H groups in total. The second-order valence-corrected chi connectivity index (χ2v) is 13.3. The van der Waals surface area contributed by atoms with Gasteiger partial charge in [0.2, 0.25) is 0 Å². The maximum absolute atomic E-state index is 14.2. The van der Waals surface area contributed by atoms with E-state index in [0.29, 0.717) is 23.8 Å². The molecule has 2 fully saturated rings. The second kappa shape index (κ2) is 13.1. The molecular weight excluding hydrogens is 600 g/mol. The highest BCUT2D eigenvalue weighted by Crippen LogP contribution is 2.41. The highest BCUT2D eigenvalue weighted by Gasteiger charge is 2.57. The second-order valence-electron chi connectivity index (χ2n) is 11.2. The molecule has 1 aromatic heterocycles. The lowest BCUT2D eigenvalue weighted by Crippen LogP contribution is -2.53. The molecule has 0 spiro atoms. The van der Waals surface area contributed by atoms with Crippen molar-refractivity contribution in [2.75, 3.05) is 6.61 Å². The van der Waals surface area contributed by atoms with Crippen LogP contribution in [-0.4, -0.2) is 48.0 Å². The Morgan fingerprint density at radius 3 is 2.61 bits per heavy atom. The Balaban J connectivity index is 0.00000337. The van der Waals surface area contributed by atoms with Crippen LogP contribution in [0.5, 0.6) is 5.75 Å². The number of imidazole rings is 1. The zero-order chi connectivity index (χ0) is 27.5. The monoisotopic (exact) mass is 638 g/mol. The smallest absolute Gasteiger partial charge is 0.184 e. The minimum atomic E-state index is -3.62. The molecular formula is C32H39BrN4O3S. The van der Waals surface area contributed by atoms with Crippen molar-refractivity contribution in [2.24, 2.45) is 5.92 Å². The van der Waals surface area contributed by atoms with E-state index in [2.05, 4.69) is 57.4 Å². The predicted molar refractivity (Wildman–Crippen MR) is 168 cm³/mol. The Morgan fingerprint density at radius 1 is 1.05 bits per heavy atom. The molecule has 3 aromatic carbocycles. The largest absolute Gasteiger partial charge is 0.494 e. The third-order valence-corrected chi connectivity index (χ3v) is 10.7. The van der Waals surface area contributed by atoms with Gasteiger partial charge < -0.3 is 19.9 Å². The molecule has 2 bridgehead atoms. The zero-order valence-electron chi connectivity index (χ0n) is 23.4. The molecule has 6 rings (SSSR count). The minimum absolute atomic E-state index is 0. The number of benzene rings is 3. The molecule has 0 amide bonds. The molecule has 0 radical (unpaired) electrons. The number of unbranched alkanes of at least 4 members (excludes halogenated alkanes) is 2. The molecule has 0 saturated carbocycles. The van der Waals surface area contributed by atoms with Gasteiger partial charge in [0.05, 0.1) is 23.1 Å². The number of aromatic nitrogens is 2. The fourth-order valence-electron chi connectivity index (χ4n) is 6.50. The lowest BCUT2D eigenvalue weighted by Gasteiger charge is -2.34. The molecule has 2 aliphatic rings. The van der Waals surface area contributed by atoms with Crippen LogP contribution in [0.15, 0.2) is 90.3 Å². The number of nitrogens with one attached hydrogen (secondary N) is 2. The van der Waals surface area contributed by atoms with E-state index in [4.69, 9.17) is 4.74 Å². The fraction of sp³-hybridized carbons (Fsp3) is 0.406. The molecule has 2 aliphatic heterocycles. The number of nitrogens with zero attached hydrogens (tertiary/aromatic N) is 2. The summed E-state index contributed by atoms with van der Waals surface area (Å²) in [6, 6.07) is 21.5. The molecule has 2 saturated heterocycles. The van der Waals surface area contributed by atoms with Crippen molar-refractivity contribution in [1.82, 2.24) is 20.2 Å². The number of halogens is 1. The summed E-state index contributed by atoms with van der Waals surface area (Å²) in [5, 5.41) is 9.17. The van der Waals surface area contributed by atoms with Crippen molar-refractivity contribution in [3.05, 3.63) is 91.0 Å². The van der Waals surface area contributed by atoms with E-state index in [1.165, 1.54) is 10.8 Å². The van der Waals surface area contributed by atoms with Crippen molar-refractivity contribution >= 4 is 37.6 Å². The minimum Gasteiger partial charge on any atom is -0.494 e. The first-order valence-electron chi connectivity index (χ1n) is 14.4. The Morgan fingerprint density at radius 2 is 1.85 bits per heavy atom. The average Bonchev–Trinajstić information content (AvgIpc) is 3.72. The van der Waals surface area contributed by atoms with E-state index in [1.54, 1.807) is 30.5 Å². The first kappa shape index (κ1) is 29.8. The lowest BCUT2D eigenvalue weighted by atomic mass is 9.85. The van der Waals surface area contributed by atoms with Crippen molar-refractivity contribution < 1.29 is 13.2 Å². The molecule has 3 heterocycles. The van der Waals surface area contributed by atoms with Crippen LogP contribution in [0.3, 0.4) is 0 Å². The molecule has 0 unspecified atom stereocenters. The fourth-order valence-corrected chi connectivity index (χ4v) is 8.69. The maximum Gasteiger partial charge on any atom is 0.184 e. The van der Waals surface area contributed by atoms with Crippen LogP contribution < -0.4 is 15.4 Å². The van der Waals surface area contributed by atoms with Gasteiger partial charge in [-0.05, 0) is 65.4 Å². The normalized spacial score (nSPS) is 23.5. The van der Waals surface area contributed by atoms with Gasteiger partial charge in [0, 0.05) is 43.6 Å². The maximum atomic E-state index is 14.2. The highest BCUT2D eigenvalue weighted by molar-refractivity contribution is 8.93. The summed E-state index contributed by atoms with van der Waals surface area (Å²) in [7, 11) is -3.62. The van der Waals surface area contributed by atoms with Crippen LogP contribution in [0.25, 0.3) is 10.8 Å². The van der Waals surface area contributed by atoms with Gasteiger partial charge in [0.15, 0.2) is 9.84 Å². The van der Waals surface area contributed by atoms with Crippen LogP contribution in [-0.2, 0) is 22.9 Å². The summed E-state index contributed by atoms with van der Waals surface area (Å²) in [6.45, 7) is 4.17. The number of hydrogen-bond acceptors (Lipinski definition) is 6. The number of rotatable bonds is 12. The van der Waals surface area contributed by atoms with E-state index in [-0.39, 0.29) is 41.0 Å². The van der Waals surface area contributed by atoms with Crippen LogP contribution in [0, 0.1) is 5.92 Å². The molecule has 4 aromatic rings. The van der Waals surface area contributed by atoms with Crippen molar-refractivity contribution in [1.29, 1.82) is 0 Å². The van der Waals surface area contributed by atoms with Gasteiger partial charge in [-0.25, -0.2) is 13.4 Å². The summed E-state index contributed by atoms with van der Waals surface area (Å²) in [5.74, 6) is 0.920. The molecule has 9 heteroatoms. The SMILES string of the molecule is Br.CCCCCOc1ccc(S(=O)(=O)[C@@H]2[C@H]3N[C@H](C[C@@H]3Cn3ccnc3)[C@H]2NCc2ccc3ccccc3c2)cc1. The van der Waals surface area contributed by atoms with Gasteiger partial charge in [-0.15, -0.1) is 17.0 Å². The first-order chi connectivity index (χ1) is 19.5. The summed E-state index contributed by atoms with van der Waals surface area (Å²) >= 11 is 0. The Hall–Kier alpha value is -2.72. The molecule has 218 valence electrons. The quantitative estimate of drug-likeness (QED) is 0.198. The number of hydrogen-bond donors (Lipinski definition) is 2. The third kappa shape index (κ3) is 6.38. The van der Waals surface area contributed by atoms with Gasteiger partial charge in [-0.2, -0.15) is 0 Å². The lowest BCUT2D eigenvalue weighted by molar-refractivity contribution is 0.306. The van der Waals surface area contributed by atoms with E-state index >= 15 is 0 Å². The van der Waals surface area contributed by atoms with E-state index in [1.807, 2.05) is 24.7 Å². The highest BCUT2D eigenvalue weighted by atomic mass is 79.9. The average molecular weight is 640 g/mol. The summed E-state index contributed by atoms with van der Waals surface area (Å²) in [5.41, 5.74) is 1.15. The van der Waals surface area contributed by atoms with Crippen molar-refractivity contribution in [3.63, 3.8) is 0 Å². The van der Waals surface area contributed by atoms with Crippen LogP contribution in [0.4, 0.5) is 0 Å². The summed E-state index contributed by atoms with van der Waals surface area (Å²) in [4.78, 5) is 4.53. The summed E-state index contributed by atoms with van der Waals surface area (Å²) in [6.07, 6.45) is 9.71. The standard InChI is InChI=1S/C32H38N4O3S.BrH/c1-2-3-6-17-39-27-11-13-28(14-12-27)40(37,38)32-30-26(21-36-16-15-33-22-36)19-29(35-30)31(32)34-20-23-9-10-24-7-4-5-8-25(24)18-23;/h4-5,7-16,18,22,26,29-32,34-35H,2-3,6,17,19-21H2,1H3;1H/t26-,29-,30+,31-,32-;/m1./s1. The van der Waals surface area contributed by atoms with Crippen LogP contribution >= 0.6 is 17.0 Å². The number of sulfone groups is 1. The predicted octanol–water partition coefficient (Wildman–Crippen LogP) is 5.54. The van der Waals surface area contributed by atoms with Crippen molar-refractivity contribution in [2.45, 2.75) is 74.0 Å². The van der Waals surface area contributed by atoms with Gasteiger partial charge in [-0.1, -0.05) is 56.2 Å². The van der Waals surface area contributed by atoms with Crippen LogP contribution in [0.2, 0.25) is 0 Å². The Labute approximate surface area is 253 Å². The Kier molecular flexibility index (Phi) is 9.49. The number of fused-ring (bicyclic) bond motifs is 3. The van der Waals surface area contributed by atoms with Crippen LogP contribution in [0.1, 0.15) is 38.2 Å². The third-order valence-electron chi connectivity index (χ3n) is 8.50. The summed E-state index contributed by atoms with van der Waals surface area (Å²) < 4.78 is 36.4. The van der Waals surface area contributed by atoms with E-state index < -0.39 is 15.1 Å². The van der Waals surface area contributed by atoms with E-state index in [0.717, 1.165) is 37.8 Å². The first-order valence-corrected chi connectivity index (χ1v) is 16.0. The van der Waals surface area contributed by atoms with Crippen molar-refractivity contribution in [3.8, 4) is 5.75 Å². The topological polar surface area (TPSA) is 85.2 Å². The van der Waals surface area contributed by atoms with Gasteiger partial charge in [0.1, 0.15) is 5.75 Å². The van der Waals surface area contributed by atoms with Gasteiger partial charge >= 0.3 is 0 Å². The number of ether oxygens (including phenoxy) is 1.